The number of imidazole rings is 1. The molecule has 0 radical (unpaired) electrons. The van der Waals surface area contributed by atoms with Crippen molar-refractivity contribution in [2.75, 3.05) is 0 Å². The van der Waals surface area contributed by atoms with E-state index in [0.717, 1.165) is 27.9 Å². The maximum Gasteiger partial charge on any atom is 0.125 e. The van der Waals surface area contributed by atoms with Crippen LogP contribution in [0.2, 0.25) is 0 Å². The number of nitrogens with zero attached hydrogens (tertiary/aromatic N) is 2. The van der Waals surface area contributed by atoms with Crippen LogP contribution in [0.3, 0.4) is 0 Å². The molecule has 0 spiro atoms. The van der Waals surface area contributed by atoms with Gasteiger partial charge in [0.05, 0.1) is 23.5 Å². The van der Waals surface area contributed by atoms with Gasteiger partial charge >= 0.3 is 0 Å². The van der Waals surface area contributed by atoms with Crippen molar-refractivity contribution in [1.82, 2.24) is 9.55 Å². The van der Waals surface area contributed by atoms with E-state index in [2.05, 4.69) is 62.1 Å². The lowest BCUT2D eigenvalue weighted by Gasteiger charge is -2.07. The molecule has 0 saturated heterocycles. The first-order valence-electron chi connectivity index (χ1n) is 5.93. The fourth-order valence-corrected chi connectivity index (χ4v) is 3.86. The normalized spacial score (nSPS) is 11.3. The number of para-hydroxylation sites is 1. The average molecular weight is 356 g/mol. The lowest BCUT2D eigenvalue weighted by Crippen LogP contribution is -2.02. The summed E-state index contributed by atoms with van der Waals surface area (Å²) in [6.07, 6.45) is 0. The van der Waals surface area contributed by atoms with E-state index in [-0.39, 0.29) is 0 Å². The molecule has 0 unspecified atom stereocenters. The molecule has 1 aromatic carbocycles. The van der Waals surface area contributed by atoms with E-state index in [4.69, 9.17) is 11.6 Å². The number of hydrogen-bond donors (Lipinski definition) is 0. The molecule has 5 heteroatoms. The van der Waals surface area contributed by atoms with Gasteiger partial charge in [-0.25, -0.2) is 4.98 Å². The first-order chi connectivity index (χ1) is 9.20. The summed E-state index contributed by atoms with van der Waals surface area (Å²) in [7, 11) is 0. The predicted molar refractivity (Wildman–Crippen MR) is 85.1 cm³/mol. The van der Waals surface area contributed by atoms with Crippen molar-refractivity contribution in [3.63, 3.8) is 0 Å². The van der Waals surface area contributed by atoms with Crippen LogP contribution in [0.15, 0.2) is 34.1 Å². The number of fused-ring (bicyclic) bond motifs is 1. The van der Waals surface area contributed by atoms with Gasteiger partial charge < -0.3 is 4.57 Å². The van der Waals surface area contributed by atoms with E-state index in [9.17, 15) is 0 Å². The summed E-state index contributed by atoms with van der Waals surface area (Å²) >= 11 is 11.4. The summed E-state index contributed by atoms with van der Waals surface area (Å²) < 4.78 is 3.35. The summed E-state index contributed by atoms with van der Waals surface area (Å²) in [5.41, 5.74) is 3.38. The van der Waals surface area contributed by atoms with E-state index >= 15 is 0 Å². The number of aromatic nitrogens is 2. The smallest absolute Gasteiger partial charge is 0.125 e. The first-order valence-corrected chi connectivity index (χ1v) is 8.14. The van der Waals surface area contributed by atoms with Gasteiger partial charge in [-0.3, -0.25) is 0 Å². The van der Waals surface area contributed by atoms with Gasteiger partial charge in [0.1, 0.15) is 5.82 Å². The molecule has 0 amide bonds. The van der Waals surface area contributed by atoms with Crippen molar-refractivity contribution < 1.29 is 0 Å². The lowest BCUT2D eigenvalue weighted by atomic mass is 10.2. The van der Waals surface area contributed by atoms with Gasteiger partial charge in [-0.05, 0) is 45.9 Å². The van der Waals surface area contributed by atoms with Gasteiger partial charge in [0.25, 0.3) is 0 Å². The SMILES string of the molecule is Cc1cccc2c1nc(CCl)n2Cc1sccc1Br. The number of halogens is 2. The molecular formula is C14H12BrClN2S. The minimum atomic E-state index is 0.428. The van der Waals surface area contributed by atoms with Crippen LogP contribution in [0, 0.1) is 6.92 Å². The Labute approximate surface area is 129 Å². The van der Waals surface area contributed by atoms with E-state index in [1.807, 2.05) is 0 Å². The monoisotopic (exact) mass is 354 g/mol. The number of benzene rings is 1. The Balaban J connectivity index is 2.16. The van der Waals surface area contributed by atoms with Crippen LogP contribution in [0.25, 0.3) is 11.0 Å². The molecule has 0 aliphatic carbocycles. The van der Waals surface area contributed by atoms with Crippen molar-refractivity contribution in [2.45, 2.75) is 19.3 Å². The first kappa shape index (κ1) is 13.2. The maximum atomic E-state index is 6.04. The van der Waals surface area contributed by atoms with Crippen LogP contribution in [0.4, 0.5) is 0 Å². The highest BCUT2D eigenvalue weighted by molar-refractivity contribution is 9.10. The fourth-order valence-electron chi connectivity index (χ4n) is 2.20. The number of hydrogen-bond acceptors (Lipinski definition) is 2. The minimum Gasteiger partial charge on any atom is -0.322 e. The Morgan fingerprint density at radius 2 is 2.21 bits per heavy atom. The molecule has 0 N–H and O–H groups in total. The molecule has 98 valence electrons. The van der Waals surface area contributed by atoms with Crippen LogP contribution >= 0.6 is 38.9 Å². The van der Waals surface area contributed by atoms with Gasteiger partial charge in [0, 0.05) is 9.35 Å². The summed E-state index contributed by atoms with van der Waals surface area (Å²) in [6.45, 7) is 2.89. The van der Waals surface area contributed by atoms with Gasteiger partial charge in [-0.2, -0.15) is 0 Å². The van der Waals surface area contributed by atoms with Gasteiger partial charge in [-0.1, -0.05) is 12.1 Å². The van der Waals surface area contributed by atoms with Crippen molar-refractivity contribution in [3.8, 4) is 0 Å². The molecule has 0 aliphatic heterocycles. The molecule has 3 aromatic rings. The number of thiophene rings is 1. The quantitative estimate of drug-likeness (QED) is 0.607. The van der Waals surface area contributed by atoms with E-state index in [1.54, 1.807) is 11.3 Å². The Bertz CT molecular complexity index is 732. The second-order valence-corrected chi connectivity index (χ2v) is 6.50. The highest BCUT2D eigenvalue weighted by Gasteiger charge is 2.13. The third-order valence-corrected chi connectivity index (χ3v) is 5.32. The summed E-state index contributed by atoms with van der Waals surface area (Å²) in [4.78, 5) is 5.95. The maximum absolute atomic E-state index is 6.04. The van der Waals surface area contributed by atoms with Crippen LogP contribution in [0.5, 0.6) is 0 Å². The largest absolute Gasteiger partial charge is 0.322 e. The average Bonchev–Trinajstić information content (AvgIpc) is 2.96. The topological polar surface area (TPSA) is 17.8 Å². The van der Waals surface area contributed by atoms with Crippen LogP contribution in [-0.2, 0) is 12.4 Å². The summed E-state index contributed by atoms with van der Waals surface area (Å²) in [6, 6.07) is 8.33. The Kier molecular flexibility index (Phi) is 3.65. The summed E-state index contributed by atoms with van der Waals surface area (Å²) in [5, 5.41) is 2.09. The molecule has 0 fully saturated rings. The van der Waals surface area contributed by atoms with Gasteiger partial charge in [-0.15, -0.1) is 22.9 Å². The Morgan fingerprint density at radius 1 is 1.37 bits per heavy atom. The number of aryl methyl sites for hydroxylation is 1. The summed E-state index contributed by atoms with van der Waals surface area (Å²) in [5.74, 6) is 1.35. The molecule has 19 heavy (non-hydrogen) atoms. The molecule has 0 bridgehead atoms. The second kappa shape index (κ2) is 5.27. The highest BCUT2D eigenvalue weighted by atomic mass is 79.9. The molecule has 2 aromatic heterocycles. The van der Waals surface area contributed by atoms with Crippen molar-refractivity contribution in [1.29, 1.82) is 0 Å². The Morgan fingerprint density at radius 3 is 2.89 bits per heavy atom. The van der Waals surface area contributed by atoms with Crippen molar-refractivity contribution in [2.24, 2.45) is 0 Å². The zero-order valence-corrected chi connectivity index (χ0v) is 13.5. The number of alkyl halides is 1. The predicted octanol–water partition coefficient (Wildman–Crippen LogP) is 4.96. The van der Waals surface area contributed by atoms with Gasteiger partial charge in [0.15, 0.2) is 0 Å². The van der Waals surface area contributed by atoms with E-state index in [0.29, 0.717) is 5.88 Å². The molecule has 0 aliphatic rings. The van der Waals surface area contributed by atoms with Crippen LogP contribution in [0.1, 0.15) is 16.3 Å². The van der Waals surface area contributed by atoms with E-state index in [1.165, 1.54) is 10.4 Å². The molecular weight excluding hydrogens is 344 g/mol. The highest BCUT2D eigenvalue weighted by Crippen LogP contribution is 2.27. The molecule has 2 nitrogen and oxygen atoms in total. The molecule has 2 heterocycles. The standard InChI is InChI=1S/C14H12BrClN2S/c1-9-3-2-4-11-14(9)17-13(7-16)18(11)8-12-10(15)5-6-19-12/h2-6H,7-8H2,1H3. The van der Waals surface area contributed by atoms with E-state index < -0.39 is 0 Å². The van der Waals surface area contributed by atoms with Crippen molar-refractivity contribution >= 4 is 49.9 Å². The van der Waals surface area contributed by atoms with Gasteiger partial charge in [0.2, 0.25) is 0 Å². The lowest BCUT2D eigenvalue weighted by molar-refractivity contribution is 0.787. The molecule has 3 rings (SSSR count). The van der Waals surface area contributed by atoms with Crippen LogP contribution in [-0.4, -0.2) is 9.55 Å². The van der Waals surface area contributed by atoms with Crippen molar-refractivity contribution in [3.05, 3.63) is 50.4 Å². The molecule has 0 atom stereocenters. The van der Waals surface area contributed by atoms with Crippen LogP contribution < -0.4 is 0 Å². The second-order valence-electron chi connectivity index (χ2n) is 4.38. The third kappa shape index (κ3) is 2.33. The minimum absolute atomic E-state index is 0.428. The Hall–Kier alpha value is -0.840. The number of rotatable bonds is 3. The zero-order valence-electron chi connectivity index (χ0n) is 10.4. The fraction of sp³-hybridized carbons (Fsp3) is 0.214. The third-order valence-electron chi connectivity index (χ3n) is 3.17. The zero-order chi connectivity index (χ0) is 13.4. The molecule has 0 saturated carbocycles.